The Morgan fingerprint density at radius 2 is 1.86 bits per heavy atom. The summed E-state index contributed by atoms with van der Waals surface area (Å²) in [4.78, 5) is 22.3. The first-order valence-corrected chi connectivity index (χ1v) is 7.11. The monoisotopic (exact) mass is 338 g/mol. The highest BCUT2D eigenvalue weighted by atomic mass is 35.5. The van der Waals surface area contributed by atoms with Crippen molar-refractivity contribution in [1.82, 2.24) is 0 Å². The van der Waals surface area contributed by atoms with Crippen LogP contribution in [0.5, 0.6) is 0 Å². The highest BCUT2D eigenvalue weighted by Gasteiger charge is 2.16. The summed E-state index contributed by atoms with van der Waals surface area (Å²) in [7, 11) is 0. The molecule has 0 aromatic heterocycles. The van der Waals surface area contributed by atoms with Crippen molar-refractivity contribution in [2.24, 2.45) is 0 Å². The third-order valence-electron chi connectivity index (χ3n) is 3.04. The van der Waals surface area contributed by atoms with Gasteiger partial charge in [0.1, 0.15) is 5.02 Å². The molecule has 0 spiro atoms. The molecule has 0 saturated carbocycles. The van der Waals surface area contributed by atoms with E-state index in [-0.39, 0.29) is 23.0 Å². The Morgan fingerprint density at radius 1 is 1.23 bits per heavy atom. The molecular weight excluding hydrogens is 327 g/mol. The van der Waals surface area contributed by atoms with Crippen LogP contribution in [0.4, 0.5) is 11.4 Å². The molecule has 7 heteroatoms. The number of hydrogen-bond acceptors (Lipinski definition) is 3. The molecule has 2 aromatic carbocycles. The maximum absolute atomic E-state index is 12.0. The molecule has 0 aliphatic carbocycles. The molecule has 22 heavy (non-hydrogen) atoms. The van der Waals surface area contributed by atoms with Crippen LogP contribution in [0.1, 0.15) is 11.1 Å². The first-order chi connectivity index (χ1) is 10.4. The average Bonchev–Trinajstić information content (AvgIpc) is 2.44. The lowest BCUT2D eigenvalue weighted by Gasteiger charge is -2.09. The Hall–Kier alpha value is -2.11. The summed E-state index contributed by atoms with van der Waals surface area (Å²) in [5.74, 6) is -0.240. The molecule has 0 aliphatic rings. The lowest BCUT2D eigenvalue weighted by atomic mass is 10.1. The fourth-order valence-electron chi connectivity index (χ4n) is 1.92. The quantitative estimate of drug-likeness (QED) is 0.663. The number of hydrogen-bond donors (Lipinski definition) is 1. The van der Waals surface area contributed by atoms with Crippen LogP contribution in [0, 0.1) is 17.0 Å². The van der Waals surface area contributed by atoms with Gasteiger partial charge in [0.15, 0.2) is 0 Å². The van der Waals surface area contributed by atoms with E-state index in [0.717, 1.165) is 5.56 Å². The van der Waals surface area contributed by atoms with E-state index in [1.54, 1.807) is 31.2 Å². The number of benzene rings is 2. The van der Waals surface area contributed by atoms with E-state index in [2.05, 4.69) is 5.32 Å². The minimum absolute atomic E-state index is 0.0163. The van der Waals surface area contributed by atoms with Gasteiger partial charge in [-0.3, -0.25) is 14.9 Å². The van der Waals surface area contributed by atoms with E-state index in [1.165, 1.54) is 12.1 Å². The normalized spacial score (nSPS) is 10.3. The fourth-order valence-corrected chi connectivity index (χ4v) is 2.28. The van der Waals surface area contributed by atoms with Crippen molar-refractivity contribution in [3.63, 3.8) is 0 Å². The predicted molar refractivity (Wildman–Crippen MR) is 86.6 cm³/mol. The first kappa shape index (κ1) is 16.3. The van der Waals surface area contributed by atoms with Gasteiger partial charge >= 0.3 is 0 Å². The van der Waals surface area contributed by atoms with Crippen molar-refractivity contribution >= 4 is 40.5 Å². The molecule has 2 aromatic rings. The molecule has 0 aliphatic heterocycles. The largest absolute Gasteiger partial charge is 0.325 e. The molecule has 1 N–H and O–H groups in total. The maximum Gasteiger partial charge on any atom is 0.288 e. The van der Waals surface area contributed by atoms with E-state index < -0.39 is 4.92 Å². The van der Waals surface area contributed by atoms with Crippen LogP contribution < -0.4 is 5.32 Å². The van der Waals surface area contributed by atoms with Crippen molar-refractivity contribution in [3.05, 3.63) is 67.7 Å². The molecule has 0 radical (unpaired) electrons. The van der Waals surface area contributed by atoms with Gasteiger partial charge in [-0.1, -0.05) is 35.3 Å². The summed E-state index contributed by atoms with van der Waals surface area (Å²) in [6.07, 6.45) is 0.172. The second-order valence-corrected chi connectivity index (χ2v) is 5.57. The molecule has 5 nitrogen and oxygen atoms in total. The van der Waals surface area contributed by atoms with Gasteiger partial charge in [-0.25, -0.2) is 0 Å². The minimum Gasteiger partial charge on any atom is -0.325 e. The third kappa shape index (κ3) is 3.96. The average molecular weight is 339 g/mol. The lowest BCUT2D eigenvalue weighted by Crippen LogP contribution is -2.15. The molecule has 2 rings (SSSR count). The number of nitro benzene ring substituents is 1. The number of nitro groups is 1. The van der Waals surface area contributed by atoms with Gasteiger partial charge in [0.05, 0.1) is 11.3 Å². The summed E-state index contributed by atoms with van der Waals surface area (Å²) in [6, 6.07) is 9.65. The van der Waals surface area contributed by atoms with Crippen LogP contribution in [-0.4, -0.2) is 10.8 Å². The summed E-state index contributed by atoms with van der Waals surface area (Å²) >= 11 is 11.6. The summed E-state index contributed by atoms with van der Waals surface area (Å²) < 4.78 is 0. The molecule has 0 heterocycles. The van der Waals surface area contributed by atoms with Crippen LogP contribution in [0.15, 0.2) is 36.4 Å². The fraction of sp³-hybridized carbons (Fsp3) is 0.133. The Morgan fingerprint density at radius 3 is 2.45 bits per heavy atom. The second-order valence-electron chi connectivity index (χ2n) is 4.73. The number of nitrogens with zero attached hydrogens (tertiary/aromatic N) is 1. The molecular formula is C15H12Cl2N2O3. The Balaban J connectivity index is 2.13. The number of nitrogens with one attached hydrogen (secondary N) is 1. The zero-order chi connectivity index (χ0) is 16.3. The van der Waals surface area contributed by atoms with Crippen molar-refractivity contribution in [1.29, 1.82) is 0 Å². The van der Waals surface area contributed by atoms with Gasteiger partial charge in [-0.15, -0.1) is 0 Å². The van der Waals surface area contributed by atoms with E-state index in [0.29, 0.717) is 16.3 Å². The number of carbonyl (C=O) groups is 1. The number of rotatable bonds is 4. The smallest absolute Gasteiger partial charge is 0.288 e. The third-order valence-corrected chi connectivity index (χ3v) is 3.60. The number of anilines is 1. The van der Waals surface area contributed by atoms with Gasteiger partial charge in [0.2, 0.25) is 5.91 Å². The predicted octanol–water partition coefficient (Wildman–Crippen LogP) is 4.39. The van der Waals surface area contributed by atoms with Gasteiger partial charge in [0, 0.05) is 16.8 Å². The minimum atomic E-state index is -0.561. The number of amides is 1. The highest BCUT2D eigenvalue weighted by molar-refractivity contribution is 6.33. The van der Waals surface area contributed by atoms with Crippen LogP contribution in [-0.2, 0) is 11.2 Å². The van der Waals surface area contributed by atoms with Crippen LogP contribution in [0.3, 0.4) is 0 Å². The van der Waals surface area contributed by atoms with E-state index in [1.807, 2.05) is 0 Å². The van der Waals surface area contributed by atoms with Crippen LogP contribution in [0.2, 0.25) is 10.0 Å². The Labute approximate surface area is 137 Å². The van der Waals surface area contributed by atoms with Crippen molar-refractivity contribution in [2.75, 3.05) is 5.32 Å². The second kappa shape index (κ2) is 6.77. The summed E-state index contributed by atoms with van der Waals surface area (Å²) in [5, 5.41) is 14.1. The van der Waals surface area contributed by atoms with Gasteiger partial charge in [-0.2, -0.15) is 0 Å². The number of carbonyl (C=O) groups excluding carboxylic acids is 1. The molecule has 114 valence electrons. The van der Waals surface area contributed by atoms with Crippen LogP contribution >= 0.6 is 23.2 Å². The van der Waals surface area contributed by atoms with E-state index >= 15 is 0 Å². The van der Waals surface area contributed by atoms with E-state index in [9.17, 15) is 14.9 Å². The van der Waals surface area contributed by atoms with Gasteiger partial charge in [-0.05, 0) is 36.2 Å². The topological polar surface area (TPSA) is 72.2 Å². The summed E-state index contributed by atoms with van der Waals surface area (Å²) in [5.41, 5.74) is 1.65. The molecule has 0 atom stereocenters. The highest BCUT2D eigenvalue weighted by Crippen LogP contribution is 2.30. The zero-order valence-corrected chi connectivity index (χ0v) is 13.1. The van der Waals surface area contributed by atoms with Crippen molar-refractivity contribution in [3.8, 4) is 0 Å². The zero-order valence-electron chi connectivity index (χ0n) is 11.6. The molecule has 0 bridgehead atoms. The van der Waals surface area contributed by atoms with Crippen molar-refractivity contribution in [2.45, 2.75) is 13.3 Å². The summed E-state index contributed by atoms with van der Waals surface area (Å²) in [6.45, 7) is 1.67. The maximum atomic E-state index is 12.0. The molecule has 0 fully saturated rings. The van der Waals surface area contributed by atoms with Crippen LogP contribution in [0.25, 0.3) is 0 Å². The molecule has 0 unspecified atom stereocenters. The first-order valence-electron chi connectivity index (χ1n) is 6.35. The Kier molecular flexibility index (Phi) is 5.00. The standard InChI is InChI=1S/C15H12Cl2N2O3/c1-9-6-14(19(21)22)12(17)8-13(9)18-15(20)7-10-2-4-11(16)5-3-10/h2-6,8H,7H2,1H3,(H,18,20). The van der Waals surface area contributed by atoms with Gasteiger partial charge < -0.3 is 5.32 Å². The number of halogens is 2. The molecule has 0 saturated heterocycles. The number of aryl methyl sites for hydroxylation is 1. The molecule has 1 amide bonds. The van der Waals surface area contributed by atoms with Crippen molar-refractivity contribution < 1.29 is 9.72 Å². The van der Waals surface area contributed by atoms with E-state index in [4.69, 9.17) is 23.2 Å². The lowest BCUT2D eigenvalue weighted by molar-refractivity contribution is -0.384. The van der Waals surface area contributed by atoms with Gasteiger partial charge in [0.25, 0.3) is 5.69 Å². The Bertz CT molecular complexity index is 730. The SMILES string of the molecule is Cc1cc([N+](=O)[O-])c(Cl)cc1NC(=O)Cc1ccc(Cl)cc1.